The fourth-order valence-corrected chi connectivity index (χ4v) is 11.7. The molecule has 0 radical (unpaired) electrons. The molecule has 98 heavy (non-hydrogen) atoms. The van der Waals surface area contributed by atoms with Crippen molar-refractivity contribution in [3.05, 3.63) is 285 Å². The Hall–Kier alpha value is -10.9. The number of hydrogen-bond donors (Lipinski definition) is 4. The van der Waals surface area contributed by atoms with Crippen LogP contribution >= 0.6 is 0 Å². The first-order valence-electron chi connectivity index (χ1n) is 27.8. The molecule has 3 aromatic heterocycles. The molecule has 0 aliphatic carbocycles. The van der Waals surface area contributed by atoms with Gasteiger partial charge in [0.25, 0.3) is 0 Å². The third-order valence-electron chi connectivity index (χ3n) is 15.7. The summed E-state index contributed by atoms with van der Waals surface area (Å²) in [5.41, 5.74) is 1.83. The van der Waals surface area contributed by atoms with Crippen LogP contribution in [0.4, 0.5) is 87.8 Å². The number of fused-ring (bicyclic) bond motifs is 8. The monoisotopic (exact) mass is 1410 g/mol. The number of hydrogen-bond acceptors (Lipinski definition) is 4. The molecule has 30 heteroatoms. The SMILES string of the molecule is C1=Cc2nc1c(-c1ccccc1)c1ccc([nH]1)c(-c1ccccc1)c1nc(c(-c3ccccc3)c3ccc([nH]3)c2-c2ccccc2)C=C1.Fc1c(F)c(F)c([B-](c2c(F)c(F)c(F)c(F)c2F)(c2c(F)c(F)c(F)c(F)c2F)c2c(F)c(F)c(F)c(F)c2F)c(F)c1F.[O]=[Mn](=[O])([OH])[OH]. The molecular formula is C68H32BF20MnN4O4-. The molecule has 0 saturated heterocycles. The van der Waals surface area contributed by atoms with E-state index in [0.29, 0.717) is 0 Å². The Morgan fingerprint density at radius 1 is 0.255 bits per heavy atom. The number of halogens is 20. The second-order valence-electron chi connectivity index (χ2n) is 21.2. The van der Waals surface area contributed by atoms with Crippen molar-refractivity contribution in [2.75, 3.05) is 0 Å². The molecule has 0 amide bonds. The standard InChI is InChI=1S/C44H30N4.C24BF20.Mn.2H2O.2O/c1-5-13-29(14-6-1)41-33-21-23-35(45-33)42(30-15-7-2-8-16-30)37-25-27-39(47-37)44(32-19-11-4-12-20-32)40-28-26-38(48-40)43(31-17-9-3-10-18-31)36-24-22-34(41)46-36;26-5-1(6(27)14(35)21(42)13(5)34)25(2-7(28)15(36)22(43)16(37)8(2)29,3-9(30)17(38)23(44)18(39)10(3)31)4-11(32)19(40)24(45)20(41)12(4)33;;;;;/h1-28,45,48H;;;2*1H2;;/q;-1;+2;;;;/p-2. The van der Waals surface area contributed by atoms with Gasteiger partial charge in [-0.15, -0.1) is 21.9 Å². The molecule has 0 spiro atoms. The third kappa shape index (κ3) is 11.9. The van der Waals surface area contributed by atoms with Crippen molar-refractivity contribution in [3.8, 4) is 44.5 Å². The average molecular weight is 1410 g/mol. The maximum atomic E-state index is 15.4. The molecule has 5 heterocycles. The van der Waals surface area contributed by atoms with E-state index in [1.54, 1.807) is 0 Å². The van der Waals surface area contributed by atoms with Crippen molar-refractivity contribution in [1.82, 2.24) is 19.9 Å². The van der Waals surface area contributed by atoms with E-state index >= 15 is 35.1 Å². The minimum absolute atomic E-state index is 0.906. The molecular weight excluding hydrogens is 1380 g/mol. The summed E-state index contributed by atoms with van der Waals surface area (Å²) in [6.07, 6.45) is 1.33. The van der Waals surface area contributed by atoms with Gasteiger partial charge in [0.15, 0.2) is 69.8 Å². The zero-order valence-corrected chi connectivity index (χ0v) is 49.5. The van der Waals surface area contributed by atoms with E-state index in [2.05, 4.69) is 156 Å². The van der Waals surface area contributed by atoms with Crippen LogP contribution in [-0.4, -0.2) is 34.5 Å². The van der Waals surface area contributed by atoms with Gasteiger partial charge in [0, 0.05) is 44.3 Å². The molecule has 4 N–H and O–H groups in total. The van der Waals surface area contributed by atoms with Crippen molar-refractivity contribution in [3.63, 3.8) is 0 Å². The average Bonchev–Trinajstić information content (AvgIpc) is 0.837. The van der Waals surface area contributed by atoms with Gasteiger partial charge in [0.2, 0.25) is 0 Å². The number of H-pyrrole nitrogens is 2. The van der Waals surface area contributed by atoms with Crippen LogP contribution in [0, 0.1) is 116 Å². The molecule has 8 bridgehead atoms. The summed E-state index contributed by atoms with van der Waals surface area (Å²) in [4.78, 5) is 18.3. The first kappa shape index (κ1) is 68.4. The first-order chi connectivity index (χ1) is 46.5. The van der Waals surface area contributed by atoms with Gasteiger partial charge < -0.3 is 9.97 Å². The quantitative estimate of drug-likeness (QED) is 0.0519. The second-order valence-corrected chi connectivity index (χ2v) is 22.5. The summed E-state index contributed by atoms with van der Waals surface area (Å²) < 4.78 is 326. The molecule has 2 aliphatic rings. The summed E-state index contributed by atoms with van der Waals surface area (Å²) >= 11 is -5.12. The fraction of sp³-hybridized carbons (Fsp3) is 0. The van der Waals surface area contributed by atoms with Gasteiger partial charge in [-0.25, -0.2) is 97.8 Å². The molecule has 11 aromatic rings. The molecule has 0 atom stereocenters. The van der Waals surface area contributed by atoms with Crippen LogP contribution in [0.5, 0.6) is 0 Å². The van der Waals surface area contributed by atoms with Crippen LogP contribution in [0.25, 0.3) is 90.9 Å². The number of nitrogens with zero attached hydrogens (tertiary/aromatic N) is 2. The molecule has 499 valence electrons. The minimum atomic E-state index is -7.22. The van der Waals surface area contributed by atoms with E-state index in [4.69, 9.17) is 26.0 Å². The summed E-state index contributed by atoms with van der Waals surface area (Å²) in [6, 6.07) is 50.7. The van der Waals surface area contributed by atoms with E-state index in [9.17, 15) is 52.7 Å². The van der Waals surface area contributed by atoms with Crippen LogP contribution < -0.4 is 21.9 Å². The van der Waals surface area contributed by atoms with Gasteiger partial charge in [-0.3, -0.25) is 0 Å². The summed E-state index contributed by atoms with van der Waals surface area (Å²) in [5.74, 6) is -71.4. The summed E-state index contributed by atoms with van der Waals surface area (Å²) in [5, 5.41) is 0. The number of aromatic nitrogens is 4. The number of benzene rings is 8. The zero-order valence-electron chi connectivity index (χ0n) is 48.3. The summed E-state index contributed by atoms with van der Waals surface area (Å²) in [6.45, 7) is 0. The van der Waals surface area contributed by atoms with E-state index in [0.717, 1.165) is 89.4 Å². The Morgan fingerprint density at radius 3 is 0.571 bits per heavy atom. The number of aromatic amines is 2. The van der Waals surface area contributed by atoms with Gasteiger partial charge in [-0.1, -0.05) is 121 Å². The van der Waals surface area contributed by atoms with Crippen molar-refractivity contribution in [2.45, 2.75) is 0 Å². The zero-order chi connectivity index (χ0) is 70.7. The fourth-order valence-electron chi connectivity index (χ4n) is 11.7. The van der Waals surface area contributed by atoms with Crippen molar-refractivity contribution in [2.24, 2.45) is 0 Å². The first-order valence-corrected chi connectivity index (χ1v) is 29.8. The molecule has 8 aromatic carbocycles. The van der Waals surface area contributed by atoms with Gasteiger partial charge in [0.05, 0.1) is 22.8 Å². The Labute approximate surface area is 538 Å². The predicted octanol–water partition coefficient (Wildman–Crippen LogP) is 15.8. The van der Waals surface area contributed by atoms with Crippen LogP contribution in [0.2, 0.25) is 0 Å². The van der Waals surface area contributed by atoms with E-state index in [1.165, 1.54) is 0 Å². The molecule has 0 unspecified atom stereocenters. The van der Waals surface area contributed by atoms with Gasteiger partial charge in [-0.2, -0.15) is 0 Å². The Morgan fingerprint density at radius 2 is 0.408 bits per heavy atom. The van der Waals surface area contributed by atoms with E-state index < -0.39 is 158 Å². The predicted molar refractivity (Wildman–Crippen MR) is 316 cm³/mol. The van der Waals surface area contributed by atoms with Crippen molar-refractivity contribution >= 4 is 74.4 Å². The molecule has 13 rings (SSSR count). The third-order valence-corrected chi connectivity index (χ3v) is 15.7. The topological polar surface area (TPSA) is 132 Å². The van der Waals surface area contributed by atoms with E-state index in [-0.39, 0.29) is 0 Å². The Kier molecular flexibility index (Phi) is 18.6. The van der Waals surface area contributed by atoms with Crippen LogP contribution in [-0.2, 0) is 21.0 Å². The molecule has 0 saturated carbocycles. The van der Waals surface area contributed by atoms with Crippen LogP contribution in [0.1, 0.15) is 22.8 Å². The van der Waals surface area contributed by atoms with Crippen molar-refractivity contribution in [1.29, 1.82) is 0 Å². The van der Waals surface area contributed by atoms with E-state index in [1.807, 2.05) is 24.3 Å². The maximum absolute atomic E-state index is 15.4. The van der Waals surface area contributed by atoms with Gasteiger partial charge in [0.1, 0.15) is 52.7 Å². The Bertz CT molecular complexity index is 4700. The van der Waals surface area contributed by atoms with Gasteiger partial charge in [-0.05, 0) is 70.8 Å². The second kappa shape index (κ2) is 26.6. The molecule has 2 aliphatic heterocycles. The van der Waals surface area contributed by atoms with Crippen LogP contribution in [0.3, 0.4) is 0 Å². The normalized spacial score (nSPS) is 12.0. The van der Waals surface area contributed by atoms with Gasteiger partial charge >= 0.3 is 29.4 Å². The number of nitrogens with one attached hydrogen (secondary N) is 2. The molecule has 0 fully saturated rings. The van der Waals surface area contributed by atoms with Crippen LogP contribution in [0.15, 0.2) is 146 Å². The number of rotatable bonds is 8. The van der Waals surface area contributed by atoms with Crippen molar-refractivity contribution < 1.29 is 117 Å². The summed E-state index contributed by atoms with van der Waals surface area (Å²) in [7, 11) is 0. The molecule has 8 nitrogen and oxygen atoms in total. The Balaban J connectivity index is 0.000000186.